The number of fused-ring (bicyclic) bond motifs is 1. The standard InChI is InChI=1S/C31H45N3O2/c1-3-4-5-6-7-8-9-10-16-24-34-29-21-14-13-20-28(29)33-30(34)22-12-11-15-23-32-31(35)26-18-17-19-27(25-26)36-2/h13-14,17-21,25H,3-12,15-16,22-24H2,1-2H3,(H,32,35). The SMILES string of the molecule is CCCCCCCCCCCn1c(CCCCCNC(=O)c2cccc(OC)c2)nc2ccccc21. The Bertz CT molecular complexity index is 1040. The third-order valence-corrected chi connectivity index (χ3v) is 6.91. The Morgan fingerprint density at radius 3 is 2.36 bits per heavy atom. The molecule has 0 saturated carbocycles. The molecule has 0 spiro atoms. The number of aromatic nitrogens is 2. The number of imidazole rings is 1. The summed E-state index contributed by atoms with van der Waals surface area (Å²) < 4.78 is 7.65. The van der Waals surface area contributed by atoms with Crippen LogP contribution in [-0.4, -0.2) is 29.1 Å². The Morgan fingerprint density at radius 2 is 1.58 bits per heavy atom. The van der Waals surface area contributed by atoms with E-state index in [9.17, 15) is 4.79 Å². The van der Waals surface area contributed by atoms with Gasteiger partial charge in [-0.15, -0.1) is 0 Å². The van der Waals surface area contributed by atoms with E-state index in [1.165, 1.54) is 69.1 Å². The molecule has 1 heterocycles. The summed E-state index contributed by atoms with van der Waals surface area (Å²) in [5.74, 6) is 1.86. The maximum absolute atomic E-state index is 12.4. The second-order valence-corrected chi connectivity index (χ2v) is 9.80. The van der Waals surface area contributed by atoms with E-state index in [4.69, 9.17) is 9.72 Å². The number of carbonyl (C=O) groups excluding carboxylic acids is 1. The molecule has 36 heavy (non-hydrogen) atoms. The van der Waals surface area contributed by atoms with Crippen molar-refractivity contribution in [3.8, 4) is 5.75 Å². The molecule has 0 atom stereocenters. The molecule has 0 saturated heterocycles. The van der Waals surface area contributed by atoms with E-state index in [0.29, 0.717) is 17.9 Å². The average molecular weight is 492 g/mol. The first-order chi connectivity index (χ1) is 17.7. The molecule has 1 aromatic heterocycles. The number of benzene rings is 2. The van der Waals surface area contributed by atoms with Gasteiger partial charge in [0, 0.05) is 25.1 Å². The van der Waals surface area contributed by atoms with Gasteiger partial charge >= 0.3 is 0 Å². The van der Waals surface area contributed by atoms with E-state index in [2.05, 4.69) is 41.1 Å². The van der Waals surface area contributed by atoms with E-state index >= 15 is 0 Å². The van der Waals surface area contributed by atoms with Crippen molar-refractivity contribution in [2.75, 3.05) is 13.7 Å². The van der Waals surface area contributed by atoms with Crippen LogP contribution in [0.4, 0.5) is 0 Å². The molecule has 0 radical (unpaired) electrons. The molecule has 1 N–H and O–H groups in total. The predicted octanol–water partition coefficient (Wildman–Crippen LogP) is 7.72. The van der Waals surface area contributed by atoms with Crippen molar-refractivity contribution in [2.45, 2.75) is 96.9 Å². The highest BCUT2D eigenvalue weighted by Crippen LogP contribution is 2.20. The van der Waals surface area contributed by atoms with Crippen molar-refractivity contribution >= 4 is 16.9 Å². The van der Waals surface area contributed by atoms with Gasteiger partial charge in [0.05, 0.1) is 18.1 Å². The molecular weight excluding hydrogens is 446 g/mol. The summed E-state index contributed by atoms with van der Waals surface area (Å²) >= 11 is 0. The number of carbonyl (C=O) groups is 1. The summed E-state index contributed by atoms with van der Waals surface area (Å²) in [6.45, 7) is 4.02. The third-order valence-electron chi connectivity index (χ3n) is 6.91. The van der Waals surface area contributed by atoms with Gasteiger partial charge in [0.2, 0.25) is 0 Å². The van der Waals surface area contributed by atoms with Gasteiger partial charge in [0.15, 0.2) is 0 Å². The number of amides is 1. The minimum Gasteiger partial charge on any atom is -0.497 e. The van der Waals surface area contributed by atoms with Gasteiger partial charge in [0.25, 0.3) is 5.91 Å². The summed E-state index contributed by atoms with van der Waals surface area (Å²) in [7, 11) is 1.61. The number of unbranched alkanes of at least 4 members (excludes halogenated alkanes) is 10. The molecule has 0 fully saturated rings. The van der Waals surface area contributed by atoms with Crippen molar-refractivity contribution in [3.05, 3.63) is 59.9 Å². The maximum Gasteiger partial charge on any atom is 0.251 e. The maximum atomic E-state index is 12.4. The predicted molar refractivity (Wildman–Crippen MR) is 150 cm³/mol. The fourth-order valence-corrected chi connectivity index (χ4v) is 4.80. The van der Waals surface area contributed by atoms with Crippen LogP contribution in [-0.2, 0) is 13.0 Å². The lowest BCUT2D eigenvalue weighted by Crippen LogP contribution is -2.24. The van der Waals surface area contributed by atoms with Gasteiger partial charge in [-0.3, -0.25) is 4.79 Å². The van der Waals surface area contributed by atoms with Crippen LogP contribution in [0.2, 0.25) is 0 Å². The molecule has 0 aliphatic carbocycles. The number of hydrogen-bond acceptors (Lipinski definition) is 3. The number of rotatable bonds is 18. The Labute approximate surface area is 217 Å². The van der Waals surface area contributed by atoms with Crippen molar-refractivity contribution in [3.63, 3.8) is 0 Å². The Morgan fingerprint density at radius 1 is 0.861 bits per heavy atom. The van der Waals surface area contributed by atoms with Gasteiger partial charge in [-0.05, 0) is 49.6 Å². The number of nitrogens with one attached hydrogen (secondary N) is 1. The summed E-state index contributed by atoms with van der Waals surface area (Å²) in [6, 6.07) is 15.8. The first-order valence-corrected chi connectivity index (χ1v) is 14.1. The molecule has 2 aromatic carbocycles. The second kappa shape index (κ2) is 16.0. The zero-order chi connectivity index (χ0) is 25.4. The van der Waals surface area contributed by atoms with Gasteiger partial charge < -0.3 is 14.6 Å². The molecule has 3 rings (SSSR count). The molecule has 5 nitrogen and oxygen atoms in total. The van der Waals surface area contributed by atoms with Crippen LogP contribution in [0.5, 0.6) is 5.75 Å². The van der Waals surface area contributed by atoms with Crippen molar-refractivity contribution in [2.24, 2.45) is 0 Å². The van der Waals surface area contributed by atoms with E-state index in [-0.39, 0.29) is 5.91 Å². The largest absolute Gasteiger partial charge is 0.497 e. The normalized spacial score (nSPS) is 11.2. The minimum atomic E-state index is -0.0448. The van der Waals surface area contributed by atoms with Crippen LogP contribution in [0, 0.1) is 0 Å². The zero-order valence-corrected chi connectivity index (χ0v) is 22.4. The molecule has 5 heteroatoms. The van der Waals surface area contributed by atoms with Gasteiger partial charge in [-0.1, -0.05) is 82.9 Å². The quantitative estimate of drug-likeness (QED) is 0.185. The molecular formula is C31H45N3O2. The minimum absolute atomic E-state index is 0.0448. The third kappa shape index (κ3) is 9.00. The van der Waals surface area contributed by atoms with Crippen LogP contribution in [0.3, 0.4) is 0 Å². The second-order valence-electron chi connectivity index (χ2n) is 9.80. The summed E-state index contributed by atoms with van der Waals surface area (Å²) in [4.78, 5) is 17.3. The van der Waals surface area contributed by atoms with Crippen molar-refractivity contribution in [1.29, 1.82) is 0 Å². The van der Waals surface area contributed by atoms with E-state index in [1.807, 2.05) is 18.2 Å². The number of aryl methyl sites for hydroxylation is 2. The zero-order valence-electron chi connectivity index (χ0n) is 22.4. The Hall–Kier alpha value is -2.82. The molecule has 1 amide bonds. The number of methoxy groups -OCH3 is 1. The van der Waals surface area contributed by atoms with E-state index in [1.54, 1.807) is 13.2 Å². The lowest BCUT2D eigenvalue weighted by atomic mass is 10.1. The highest BCUT2D eigenvalue weighted by atomic mass is 16.5. The van der Waals surface area contributed by atoms with Crippen LogP contribution in [0.1, 0.15) is 100 Å². The van der Waals surface area contributed by atoms with Gasteiger partial charge in [0.1, 0.15) is 11.6 Å². The van der Waals surface area contributed by atoms with E-state index in [0.717, 1.165) is 37.7 Å². The summed E-state index contributed by atoms with van der Waals surface area (Å²) in [6.07, 6.45) is 16.2. The average Bonchev–Trinajstić information content (AvgIpc) is 3.26. The molecule has 3 aromatic rings. The lowest BCUT2D eigenvalue weighted by molar-refractivity contribution is 0.0952. The molecule has 0 unspecified atom stereocenters. The number of ether oxygens (including phenoxy) is 1. The van der Waals surface area contributed by atoms with Gasteiger partial charge in [-0.25, -0.2) is 4.98 Å². The smallest absolute Gasteiger partial charge is 0.251 e. The fourth-order valence-electron chi connectivity index (χ4n) is 4.80. The lowest BCUT2D eigenvalue weighted by Gasteiger charge is -2.10. The first-order valence-electron chi connectivity index (χ1n) is 14.1. The molecule has 0 aliphatic rings. The molecule has 196 valence electrons. The molecule has 0 bridgehead atoms. The van der Waals surface area contributed by atoms with Crippen molar-refractivity contribution < 1.29 is 9.53 Å². The van der Waals surface area contributed by atoms with E-state index < -0.39 is 0 Å². The highest BCUT2D eigenvalue weighted by Gasteiger charge is 2.10. The Balaban J connectivity index is 1.38. The highest BCUT2D eigenvalue weighted by molar-refractivity contribution is 5.94. The monoisotopic (exact) mass is 491 g/mol. The topological polar surface area (TPSA) is 56.2 Å². The van der Waals surface area contributed by atoms with Crippen molar-refractivity contribution in [1.82, 2.24) is 14.9 Å². The van der Waals surface area contributed by atoms with Crippen LogP contribution >= 0.6 is 0 Å². The first kappa shape index (κ1) is 27.8. The summed E-state index contributed by atoms with van der Waals surface area (Å²) in [5.41, 5.74) is 3.01. The number of para-hydroxylation sites is 2. The Kier molecular flexibility index (Phi) is 12.4. The number of nitrogens with zero attached hydrogens (tertiary/aromatic N) is 2. The fraction of sp³-hybridized carbons (Fsp3) is 0.548. The van der Waals surface area contributed by atoms with Gasteiger partial charge in [-0.2, -0.15) is 0 Å². The number of hydrogen-bond donors (Lipinski definition) is 1. The van der Waals surface area contributed by atoms with Crippen LogP contribution in [0.25, 0.3) is 11.0 Å². The van der Waals surface area contributed by atoms with Crippen LogP contribution in [0.15, 0.2) is 48.5 Å². The molecule has 0 aliphatic heterocycles. The van der Waals surface area contributed by atoms with Crippen LogP contribution < -0.4 is 10.1 Å². The summed E-state index contributed by atoms with van der Waals surface area (Å²) in [5, 5.41) is 3.03.